The maximum absolute atomic E-state index is 11.4. The molecule has 0 aromatic carbocycles. The molecule has 7 nitrogen and oxygen atoms in total. The summed E-state index contributed by atoms with van der Waals surface area (Å²) in [6.07, 6.45) is 0. The lowest BCUT2D eigenvalue weighted by Crippen LogP contribution is -2.47. The number of carboxylic acid groups (broad SMARTS) is 1. The third-order valence-corrected chi connectivity index (χ3v) is 3.29. The molecule has 0 aliphatic rings. The molecule has 4 N–H and O–H groups in total. The zero-order valence-electron chi connectivity index (χ0n) is 10.3. The SMILES string of the molecule is Cc1nc(NC(=O)NCC(C)(O)C(=O)O)sc1C. The van der Waals surface area contributed by atoms with Crippen molar-refractivity contribution in [3.05, 3.63) is 10.6 Å². The molecule has 0 radical (unpaired) electrons. The van der Waals surface area contributed by atoms with Crippen LogP contribution < -0.4 is 10.6 Å². The lowest BCUT2D eigenvalue weighted by Gasteiger charge is -2.18. The van der Waals surface area contributed by atoms with Crippen molar-refractivity contribution in [1.29, 1.82) is 0 Å². The largest absolute Gasteiger partial charge is 0.479 e. The summed E-state index contributed by atoms with van der Waals surface area (Å²) in [5.74, 6) is -1.40. The molecule has 0 saturated heterocycles. The molecule has 0 spiro atoms. The second-order valence-electron chi connectivity index (χ2n) is 4.05. The highest BCUT2D eigenvalue weighted by molar-refractivity contribution is 7.15. The first-order valence-corrected chi connectivity index (χ1v) is 5.98. The van der Waals surface area contributed by atoms with Crippen LogP contribution in [-0.4, -0.2) is 39.3 Å². The van der Waals surface area contributed by atoms with E-state index in [1.54, 1.807) is 0 Å². The van der Waals surface area contributed by atoms with E-state index >= 15 is 0 Å². The number of nitrogens with one attached hydrogen (secondary N) is 2. The van der Waals surface area contributed by atoms with Gasteiger partial charge in [-0.25, -0.2) is 14.6 Å². The van der Waals surface area contributed by atoms with Crippen LogP contribution in [0.3, 0.4) is 0 Å². The number of thiazole rings is 1. The first-order chi connectivity index (χ1) is 8.22. The number of amides is 2. The highest BCUT2D eigenvalue weighted by atomic mass is 32.1. The Morgan fingerprint density at radius 2 is 2.06 bits per heavy atom. The van der Waals surface area contributed by atoms with Gasteiger partial charge in [-0.05, 0) is 20.8 Å². The molecule has 0 bridgehead atoms. The molecule has 0 fully saturated rings. The number of aliphatic carboxylic acids is 1. The predicted octanol–water partition coefficient (Wildman–Crippen LogP) is 0.717. The van der Waals surface area contributed by atoms with Crippen molar-refractivity contribution in [2.45, 2.75) is 26.4 Å². The summed E-state index contributed by atoms with van der Waals surface area (Å²) in [4.78, 5) is 27.1. The molecule has 0 aliphatic heterocycles. The van der Waals surface area contributed by atoms with E-state index in [-0.39, 0.29) is 0 Å². The van der Waals surface area contributed by atoms with Crippen molar-refractivity contribution in [3.63, 3.8) is 0 Å². The van der Waals surface area contributed by atoms with Crippen LogP contribution in [0, 0.1) is 13.8 Å². The Hall–Kier alpha value is -1.67. The van der Waals surface area contributed by atoms with Gasteiger partial charge in [-0.2, -0.15) is 0 Å². The van der Waals surface area contributed by atoms with E-state index < -0.39 is 24.1 Å². The van der Waals surface area contributed by atoms with E-state index in [1.165, 1.54) is 11.3 Å². The molecule has 1 atom stereocenters. The molecule has 100 valence electrons. The number of anilines is 1. The second kappa shape index (κ2) is 5.32. The molecule has 1 unspecified atom stereocenters. The summed E-state index contributed by atoms with van der Waals surface area (Å²) in [6, 6.07) is -0.606. The van der Waals surface area contributed by atoms with Gasteiger partial charge in [0, 0.05) is 4.88 Å². The van der Waals surface area contributed by atoms with Gasteiger partial charge in [0.15, 0.2) is 10.7 Å². The molecule has 1 aromatic heterocycles. The van der Waals surface area contributed by atoms with E-state index in [9.17, 15) is 14.7 Å². The lowest BCUT2D eigenvalue weighted by atomic mass is 10.1. The number of carbonyl (C=O) groups is 2. The maximum Gasteiger partial charge on any atom is 0.337 e. The standard InChI is InChI=1S/C10H15N3O4S/c1-5-6(2)18-9(12-5)13-8(16)11-4-10(3,17)7(14)15/h17H,4H2,1-3H3,(H,14,15)(H2,11,12,13,16). The van der Waals surface area contributed by atoms with E-state index in [0.717, 1.165) is 17.5 Å². The lowest BCUT2D eigenvalue weighted by molar-refractivity contribution is -0.155. The summed E-state index contributed by atoms with van der Waals surface area (Å²) in [7, 11) is 0. The van der Waals surface area contributed by atoms with Crippen LogP contribution in [-0.2, 0) is 4.79 Å². The van der Waals surface area contributed by atoms with Gasteiger partial charge < -0.3 is 15.5 Å². The molecular weight excluding hydrogens is 258 g/mol. The van der Waals surface area contributed by atoms with Crippen LogP contribution in [0.1, 0.15) is 17.5 Å². The van der Waals surface area contributed by atoms with Crippen LogP contribution in [0.4, 0.5) is 9.93 Å². The van der Waals surface area contributed by atoms with Crippen LogP contribution in [0.5, 0.6) is 0 Å². The number of nitrogens with zero attached hydrogens (tertiary/aromatic N) is 1. The van der Waals surface area contributed by atoms with Crippen molar-refractivity contribution in [2.75, 3.05) is 11.9 Å². The molecule has 18 heavy (non-hydrogen) atoms. The fourth-order valence-electron chi connectivity index (χ4n) is 0.996. The van der Waals surface area contributed by atoms with Crippen LogP contribution in [0.15, 0.2) is 0 Å². The van der Waals surface area contributed by atoms with Gasteiger partial charge in [-0.3, -0.25) is 5.32 Å². The van der Waals surface area contributed by atoms with Gasteiger partial charge in [-0.1, -0.05) is 0 Å². The third kappa shape index (κ3) is 3.67. The number of aryl methyl sites for hydroxylation is 2. The number of carboxylic acids is 1. The van der Waals surface area contributed by atoms with Crippen molar-refractivity contribution < 1.29 is 19.8 Å². The Morgan fingerprint density at radius 3 is 2.50 bits per heavy atom. The number of carbonyl (C=O) groups excluding carboxylic acids is 1. The summed E-state index contributed by atoms with van der Waals surface area (Å²) in [5, 5.41) is 23.2. The van der Waals surface area contributed by atoms with Crippen molar-refractivity contribution in [3.8, 4) is 0 Å². The van der Waals surface area contributed by atoms with E-state index in [4.69, 9.17) is 5.11 Å². The van der Waals surface area contributed by atoms with Crippen LogP contribution in [0.2, 0.25) is 0 Å². The summed E-state index contributed by atoms with van der Waals surface area (Å²) in [5.41, 5.74) is -1.17. The van der Waals surface area contributed by atoms with Gasteiger partial charge >= 0.3 is 12.0 Å². The number of urea groups is 1. The number of hydrogen-bond donors (Lipinski definition) is 4. The smallest absolute Gasteiger partial charge is 0.337 e. The molecule has 2 amide bonds. The minimum Gasteiger partial charge on any atom is -0.479 e. The van der Waals surface area contributed by atoms with Gasteiger partial charge in [0.1, 0.15) is 0 Å². The van der Waals surface area contributed by atoms with Crippen molar-refractivity contribution >= 4 is 28.5 Å². The number of aromatic nitrogens is 1. The first kappa shape index (κ1) is 14.4. The van der Waals surface area contributed by atoms with Crippen molar-refractivity contribution in [2.24, 2.45) is 0 Å². The Balaban J connectivity index is 2.50. The van der Waals surface area contributed by atoms with E-state index in [1.807, 2.05) is 13.8 Å². The third-order valence-electron chi connectivity index (χ3n) is 2.30. The number of hydrogen-bond acceptors (Lipinski definition) is 5. The highest BCUT2D eigenvalue weighted by Crippen LogP contribution is 2.20. The molecule has 8 heteroatoms. The minimum absolute atomic E-state index is 0.391. The molecule has 0 saturated carbocycles. The number of rotatable bonds is 4. The van der Waals surface area contributed by atoms with Gasteiger partial charge in [0.25, 0.3) is 0 Å². The zero-order valence-corrected chi connectivity index (χ0v) is 11.1. The van der Waals surface area contributed by atoms with Crippen molar-refractivity contribution in [1.82, 2.24) is 10.3 Å². The maximum atomic E-state index is 11.4. The quantitative estimate of drug-likeness (QED) is 0.645. The molecule has 1 aromatic rings. The molecular formula is C10H15N3O4S. The average Bonchev–Trinajstić information content (AvgIpc) is 2.55. The van der Waals surface area contributed by atoms with Gasteiger partial charge in [0.2, 0.25) is 0 Å². The highest BCUT2D eigenvalue weighted by Gasteiger charge is 2.30. The van der Waals surface area contributed by atoms with Gasteiger partial charge in [0.05, 0.1) is 12.2 Å². The zero-order chi connectivity index (χ0) is 13.9. The first-order valence-electron chi connectivity index (χ1n) is 5.17. The summed E-state index contributed by atoms with van der Waals surface area (Å²) < 4.78 is 0. The average molecular weight is 273 g/mol. The topological polar surface area (TPSA) is 112 Å². The number of aliphatic hydroxyl groups is 1. The monoisotopic (exact) mass is 273 g/mol. The predicted molar refractivity (Wildman–Crippen MR) is 66.9 cm³/mol. The fourth-order valence-corrected chi connectivity index (χ4v) is 1.81. The Kier molecular flexibility index (Phi) is 4.25. The van der Waals surface area contributed by atoms with Crippen LogP contribution in [0.25, 0.3) is 0 Å². The normalized spacial score (nSPS) is 13.8. The van der Waals surface area contributed by atoms with E-state index in [2.05, 4.69) is 15.6 Å². The Morgan fingerprint density at radius 1 is 1.44 bits per heavy atom. The van der Waals surface area contributed by atoms with Gasteiger partial charge in [-0.15, -0.1) is 11.3 Å². The Bertz CT molecular complexity index is 450. The molecule has 1 rings (SSSR count). The summed E-state index contributed by atoms with van der Waals surface area (Å²) >= 11 is 1.32. The van der Waals surface area contributed by atoms with E-state index in [0.29, 0.717) is 5.13 Å². The van der Waals surface area contributed by atoms with Crippen LogP contribution >= 0.6 is 11.3 Å². The minimum atomic E-state index is -1.99. The molecule has 0 aliphatic carbocycles. The fraction of sp³-hybridized carbons (Fsp3) is 0.500. The summed E-state index contributed by atoms with van der Waals surface area (Å²) in [6.45, 7) is 4.42. The Labute approximate surface area is 108 Å². The second-order valence-corrected chi connectivity index (χ2v) is 5.25. The molecule has 1 heterocycles.